The van der Waals surface area contributed by atoms with E-state index in [1.165, 1.54) is 18.4 Å². The number of thioether (sulfide) groups is 1. The second-order valence-electron chi connectivity index (χ2n) is 5.52. The zero-order valence-corrected chi connectivity index (χ0v) is 12.1. The monoisotopic (exact) mass is 262 g/mol. The summed E-state index contributed by atoms with van der Waals surface area (Å²) in [5.41, 5.74) is 2.20. The molecule has 1 fully saturated rings. The third-order valence-electron chi connectivity index (χ3n) is 3.33. The molecule has 0 aliphatic carbocycles. The molecule has 1 saturated heterocycles. The molecule has 1 heterocycles. The summed E-state index contributed by atoms with van der Waals surface area (Å²) in [6.45, 7) is 4.43. The van der Waals surface area contributed by atoms with Crippen LogP contribution in [0.2, 0.25) is 0 Å². The standard InChI is InChI=1S/C16H22OS/c1-12(2)10-13-6-5-7-14(11-13)16(17)15-8-3-4-9-18-15/h5-7,11-12,15H,3-4,8-10H2,1-2H3. The quantitative estimate of drug-likeness (QED) is 0.750. The average Bonchev–Trinajstić information content (AvgIpc) is 2.38. The molecular weight excluding hydrogens is 240 g/mol. The molecule has 1 atom stereocenters. The van der Waals surface area contributed by atoms with Gasteiger partial charge in [0.15, 0.2) is 5.78 Å². The fourth-order valence-corrected chi connectivity index (χ4v) is 3.73. The average molecular weight is 262 g/mol. The molecule has 2 rings (SSSR count). The molecule has 1 unspecified atom stereocenters. The summed E-state index contributed by atoms with van der Waals surface area (Å²) < 4.78 is 0. The summed E-state index contributed by atoms with van der Waals surface area (Å²) in [5.74, 6) is 2.12. The van der Waals surface area contributed by atoms with Crippen LogP contribution < -0.4 is 0 Å². The second-order valence-corrected chi connectivity index (χ2v) is 6.83. The number of carbonyl (C=O) groups is 1. The molecular formula is C16H22OS. The van der Waals surface area contributed by atoms with Crippen LogP contribution in [0, 0.1) is 5.92 Å². The third-order valence-corrected chi connectivity index (χ3v) is 4.70. The first-order chi connectivity index (χ1) is 8.66. The lowest BCUT2D eigenvalue weighted by atomic mass is 9.97. The van der Waals surface area contributed by atoms with Crippen molar-refractivity contribution in [2.45, 2.75) is 44.8 Å². The maximum absolute atomic E-state index is 12.4. The molecule has 0 bridgehead atoms. The van der Waals surface area contributed by atoms with E-state index in [4.69, 9.17) is 0 Å². The van der Waals surface area contributed by atoms with Crippen molar-refractivity contribution >= 4 is 17.5 Å². The highest BCUT2D eigenvalue weighted by molar-refractivity contribution is 8.00. The minimum absolute atomic E-state index is 0.202. The van der Waals surface area contributed by atoms with Gasteiger partial charge in [0, 0.05) is 5.56 Å². The lowest BCUT2D eigenvalue weighted by Gasteiger charge is -2.20. The summed E-state index contributed by atoms with van der Waals surface area (Å²) in [7, 11) is 0. The van der Waals surface area contributed by atoms with E-state index >= 15 is 0 Å². The van der Waals surface area contributed by atoms with Crippen LogP contribution in [0.3, 0.4) is 0 Å². The predicted molar refractivity (Wildman–Crippen MR) is 79.4 cm³/mol. The molecule has 1 aliphatic rings. The molecule has 1 aliphatic heterocycles. The van der Waals surface area contributed by atoms with Gasteiger partial charge in [-0.25, -0.2) is 0 Å². The molecule has 0 spiro atoms. The molecule has 98 valence electrons. The topological polar surface area (TPSA) is 17.1 Å². The van der Waals surface area contributed by atoms with Crippen LogP contribution in [0.5, 0.6) is 0 Å². The van der Waals surface area contributed by atoms with Gasteiger partial charge in [-0.1, -0.05) is 38.5 Å². The van der Waals surface area contributed by atoms with Crippen LogP contribution in [-0.4, -0.2) is 16.8 Å². The zero-order valence-electron chi connectivity index (χ0n) is 11.3. The Bertz CT molecular complexity index is 405. The number of benzene rings is 1. The molecule has 1 aromatic rings. The van der Waals surface area contributed by atoms with Gasteiger partial charge in [0.05, 0.1) is 5.25 Å². The Labute approximate surface area is 114 Å². The van der Waals surface area contributed by atoms with Crippen molar-refractivity contribution in [1.82, 2.24) is 0 Å². The molecule has 2 heteroatoms. The van der Waals surface area contributed by atoms with E-state index in [0.29, 0.717) is 11.7 Å². The zero-order chi connectivity index (χ0) is 13.0. The second kappa shape index (κ2) is 6.42. The smallest absolute Gasteiger partial charge is 0.175 e. The summed E-state index contributed by atoms with van der Waals surface area (Å²) in [6.07, 6.45) is 4.58. The number of ketones is 1. The fraction of sp³-hybridized carbons (Fsp3) is 0.562. The molecule has 0 saturated carbocycles. The first kappa shape index (κ1) is 13.7. The van der Waals surface area contributed by atoms with Crippen molar-refractivity contribution in [1.29, 1.82) is 0 Å². The van der Waals surface area contributed by atoms with Crippen molar-refractivity contribution in [3.05, 3.63) is 35.4 Å². The molecule has 0 radical (unpaired) electrons. The van der Waals surface area contributed by atoms with Crippen LogP contribution in [0.25, 0.3) is 0 Å². The maximum atomic E-state index is 12.4. The van der Waals surface area contributed by atoms with Gasteiger partial charge in [0.2, 0.25) is 0 Å². The highest BCUT2D eigenvalue weighted by Gasteiger charge is 2.22. The first-order valence-electron chi connectivity index (χ1n) is 6.91. The van der Waals surface area contributed by atoms with Gasteiger partial charge in [-0.15, -0.1) is 0 Å². The molecule has 18 heavy (non-hydrogen) atoms. The lowest BCUT2D eigenvalue weighted by Crippen LogP contribution is -2.21. The Balaban J connectivity index is 2.09. The van der Waals surface area contributed by atoms with Gasteiger partial charge < -0.3 is 0 Å². The van der Waals surface area contributed by atoms with Crippen molar-refractivity contribution in [3.63, 3.8) is 0 Å². The fourth-order valence-electron chi connectivity index (χ4n) is 2.46. The van der Waals surface area contributed by atoms with E-state index in [1.54, 1.807) is 0 Å². The van der Waals surface area contributed by atoms with Crippen LogP contribution in [0.15, 0.2) is 24.3 Å². The van der Waals surface area contributed by atoms with Gasteiger partial charge in [-0.2, -0.15) is 11.8 Å². The van der Waals surface area contributed by atoms with Gasteiger partial charge in [0.25, 0.3) is 0 Å². The van der Waals surface area contributed by atoms with Gasteiger partial charge in [-0.05, 0) is 42.6 Å². The summed E-state index contributed by atoms with van der Waals surface area (Å²) in [4.78, 5) is 12.4. The van der Waals surface area contributed by atoms with Gasteiger partial charge in [-0.3, -0.25) is 4.79 Å². The van der Waals surface area contributed by atoms with Crippen molar-refractivity contribution in [3.8, 4) is 0 Å². The molecule has 1 nitrogen and oxygen atoms in total. The number of hydrogen-bond donors (Lipinski definition) is 0. The minimum atomic E-state index is 0.202. The largest absolute Gasteiger partial charge is 0.293 e. The Morgan fingerprint density at radius 1 is 1.39 bits per heavy atom. The van der Waals surface area contributed by atoms with Crippen LogP contribution in [0.1, 0.15) is 49.0 Å². The number of hydrogen-bond acceptors (Lipinski definition) is 2. The van der Waals surface area contributed by atoms with Crippen LogP contribution in [0.4, 0.5) is 0 Å². The molecule has 0 aromatic heterocycles. The molecule has 0 N–H and O–H groups in total. The Kier molecular flexibility index (Phi) is 4.87. The SMILES string of the molecule is CC(C)Cc1cccc(C(=O)C2CCCCS2)c1. The van der Waals surface area contributed by atoms with E-state index in [0.717, 1.165) is 24.2 Å². The Morgan fingerprint density at radius 2 is 2.22 bits per heavy atom. The Morgan fingerprint density at radius 3 is 2.89 bits per heavy atom. The van der Waals surface area contributed by atoms with E-state index < -0.39 is 0 Å². The molecule has 1 aromatic carbocycles. The van der Waals surface area contributed by atoms with E-state index in [-0.39, 0.29) is 5.25 Å². The first-order valence-corrected chi connectivity index (χ1v) is 7.96. The van der Waals surface area contributed by atoms with Crippen LogP contribution in [-0.2, 0) is 6.42 Å². The minimum Gasteiger partial charge on any atom is -0.293 e. The van der Waals surface area contributed by atoms with E-state index in [9.17, 15) is 4.79 Å². The normalized spacial score (nSPS) is 20.1. The Hall–Kier alpha value is -0.760. The van der Waals surface area contributed by atoms with Crippen molar-refractivity contribution in [2.24, 2.45) is 5.92 Å². The summed E-state index contributed by atoms with van der Waals surface area (Å²) in [6, 6.07) is 8.22. The lowest BCUT2D eigenvalue weighted by molar-refractivity contribution is 0.0984. The number of carbonyl (C=O) groups excluding carboxylic acids is 1. The summed E-state index contributed by atoms with van der Waals surface area (Å²) in [5, 5.41) is 0.202. The van der Waals surface area contributed by atoms with Gasteiger partial charge in [0.1, 0.15) is 0 Å². The number of Topliss-reactive ketones (excluding diaryl/α,β-unsaturated/α-hetero) is 1. The van der Waals surface area contributed by atoms with Crippen molar-refractivity contribution in [2.75, 3.05) is 5.75 Å². The summed E-state index contributed by atoms with van der Waals surface area (Å²) >= 11 is 1.84. The third kappa shape index (κ3) is 3.61. The predicted octanol–water partition coefficient (Wildman–Crippen LogP) is 4.35. The maximum Gasteiger partial charge on any atom is 0.175 e. The highest BCUT2D eigenvalue weighted by atomic mass is 32.2. The van der Waals surface area contributed by atoms with Gasteiger partial charge >= 0.3 is 0 Å². The number of rotatable bonds is 4. The van der Waals surface area contributed by atoms with Crippen LogP contribution >= 0.6 is 11.8 Å². The van der Waals surface area contributed by atoms with Crippen molar-refractivity contribution < 1.29 is 4.79 Å². The highest BCUT2D eigenvalue weighted by Crippen LogP contribution is 2.28. The van der Waals surface area contributed by atoms with E-state index in [2.05, 4.69) is 26.0 Å². The van der Waals surface area contributed by atoms with E-state index in [1.807, 2.05) is 23.9 Å². The molecule has 0 amide bonds.